The highest BCUT2D eigenvalue weighted by Crippen LogP contribution is 2.36. The number of H-pyrrole nitrogens is 1. The molecule has 3 N–H and O–H groups in total. The molecular formula is C16H15FN4S. The van der Waals surface area contributed by atoms with Gasteiger partial charge >= 0.3 is 0 Å². The average Bonchev–Trinajstić information content (AvgIpc) is 2.93. The number of aromatic amines is 1. The van der Waals surface area contributed by atoms with Crippen LogP contribution in [0.5, 0.6) is 0 Å². The van der Waals surface area contributed by atoms with Crippen LogP contribution >= 0.6 is 11.8 Å². The van der Waals surface area contributed by atoms with Crippen LogP contribution in [0, 0.1) is 11.2 Å². The molecule has 0 saturated carbocycles. The van der Waals surface area contributed by atoms with Gasteiger partial charge in [-0.2, -0.15) is 5.10 Å². The highest BCUT2D eigenvalue weighted by atomic mass is 32.2. The summed E-state index contributed by atoms with van der Waals surface area (Å²) in [4.78, 5) is 0.595. The van der Waals surface area contributed by atoms with Crippen molar-refractivity contribution in [3.05, 3.63) is 53.8 Å². The maximum absolute atomic E-state index is 14.3. The number of nitrogens with zero attached hydrogens (tertiary/aromatic N) is 1. The predicted octanol–water partition coefficient (Wildman–Crippen LogP) is 3.85. The quantitative estimate of drug-likeness (QED) is 0.595. The van der Waals surface area contributed by atoms with Crippen LogP contribution in [0.2, 0.25) is 0 Å². The zero-order valence-corrected chi connectivity index (χ0v) is 13.0. The Hall–Kier alpha value is -2.34. The fraction of sp³-hybridized carbons (Fsp3) is 0.125. The van der Waals surface area contributed by atoms with Gasteiger partial charge < -0.3 is 10.7 Å². The van der Waals surface area contributed by atoms with Crippen LogP contribution in [0.1, 0.15) is 12.5 Å². The third-order valence-electron chi connectivity index (χ3n) is 3.34. The molecule has 112 valence electrons. The Morgan fingerprint density at radius 1 is 1.45 bits per heavy atom. The van der Waals surface area contributed by atoms with Crippen molar-refractivity contribution in [3.63, 3.8) is 0 Å². The minimum absolute atomic E-state index is 0.263. The maximum Gasteiger partial charge on any atom is 0.139 e. The number of thioether (sulfide) groups is 1. The molecular weight excluding hydrogens is 299 g/mol. The molecule has 3 rings (SSSR count). The van der Waals surface area contributed by atoms with Gasteiger partial charge in [-0.15, -0.1) is 11.8 Å². The Kier molecular flexibility index (Phi) is 3.85. The van der Waals surface area contributed by atoms with Crippen LogP contribution in [0.15, 0.2) is 47.3 Å². The summed E-state index contributed by atoms with van der Waals surface area (Å²) < 4.78 is 14.3. The van der Waals surface area contributed by atoms with Crippen molar-refractivity contribution in [1.29, 1.82) is 5.41 Å². The molecule has 2 aromatic rings. The molecule has 0 saturated heterocycles. The molecule has 0 bridgehead atoms. The van der Waals surface area contributed by atoms with Gasteiger partial charge in [0.25, 0.3) is 0 Å². The number of allylic oxidation sites excluding steroid dienone is 4. The fourth-order valence-electron chi connectivity index (χ4n) is 2.48. The average molecular weight is 314 g/mol. The summed E-state index contributed by atoms with van der Waals surface area (Å²) in [5.74, 6) is -0.263. The Morgan fingerprint density at radius 2 is 2.27 bits per heavy atom. The van der Waals surface area contributed by atoms with Crippen molar-refractivity contribution in [2.75, 3.05) is 6.26 Å². The first-order valence-corrected chi connectivity index (χ1v) is 7.94. The van der Waals surface area contributed by atoms with Crippen LogP contribution in [0.4, 0.5) is 4.39 Å². The maximum atomic E-state index is 14.3. The summed E-state index contributed by atoms with van der Waals surface area (Å²) in [7, 11) is 0. The normalized spacial score (nSPS) is 16.0. The number of hydrogen-bond acceptors (Lipinski definition) is 4. The summed E-state index contributed by atoms with van der Waals surface area (Å²) in [5.41, 5.74) is 3.64. The van der Waals surface area contributed by atoms with E-state index in [9.17, 15) is 4.39 Å². The zero-order chi connectivity index (χ0) is 15.7. The largest absolute Gasteiger partial charge is 0.362 e. The number of halogens is 1. The molecule has 1 aliphatic rings. The number of benzene rings is 1. The smallest absolute Gasteiger partial charge is 0.139 e. The number of nitrogens with one attached hydrogen (secondary N) is 3. The lowest BCUT2D eigenvalue weighted by Gasteiger charge is -2.16. The van der Waals surface area contributed by atoms with Crippen molar-refractivity contribution in [1.82, 2.24) is 15.5 Å². The van der Waals surface area contributed by atoms with Crippen LogP contribution in [0.25, 0.3) is 16.5 Å². The van der Waals surface area contributed by atoms with E-state index in [0.717, 1.165) is 22.2 Å². The van der Waals surface area contributed by atoms with Gasteiger partial charge in [0, 0.05) is 34.6 Å². The third kappa shape index (κ3) is 2.57. The van der Waals surface area contributed by atoms with Crippen molar-refractivity contribution in [2.45, 2.75) is 11.8 Å². The first-order valence-electron chi connectivity index (χ1n) is 6.71. The van der Waals surface area contributed by atoms with E-state index in [-0.39, 0.29) is 5.82 Å². The summed E-state index contributed by atoms with van der Waals surface area (Å²) in [6, 6.07) is 1.47. The molecule has 1 aliphatic heterocycles. The molecule has 0 amide bonds. The molecule has 6 heteroatoms. The van der Waals surface area contributed by atoms with Crippen molar-refractivity contribution >= 4 is 33.9 Å². The van der Waals surface area contributed by atoms with Gasteiger partial charge in [0.2, 0.25) is 0 Å². The van der Waals surface area contributed by atoms with Crippen LogP contribution in [-0.4, -0.2) is 22.2 Å². The summed E-state index contributed by atoms with van der Waals surface area (Å²) >= 11 is 1.38. The number of rotatable bonds is 3. The molecule has 0 fully saturated rings. The summed E-state index contributed by atoms with van der Waals surface area (Å²) in [6.45, 7) is 1.71. The molecule has 0 unspecified atom stereocenters. The number of fused-ring (bicyclic) bond motifs is 1. The Bertz CT molecular complexity index is 845. The molecule has 0 aliphatic carbocycles. The number of hydrogen-bond donors (Lipinski definition) is 3. The number of aromatic nitrogens is 2. The lowest BCUT2D eigenvalue weighted by Crippen LogP contribution is -2.09. The first kappa shape index (κ1) is 14.6. The summed E-state index contributed by atoms with van der Waals surface area (Å²) in [6.07, 6.45) is 10.9. The van der Waals surface area contributed by atoms with Crippen LogP contribution in [-0.2, 0) is 0 Å². The second-order valence-corrected chi connectivity index (χ2v) is 5.77. The van der Waals surface area contributed by atoms with E-state index in [1.807, 2.05) is 18.4 Å². The monoisotopic (exact) mass is 314 g/mol. The van der Waals surface area contributed by atoms with Gasteiger partial charge in [-0.25, -0.2) is 4.39 Å². The minimum atomic E-state index is -0.263. The van der Waals surface area contributed by atoms with E-state index < -0.39 is 0 Å². The van der Waals surface area contributed by atoms with Crippen molar-refractivity contribution < 1.29 is 4.39 Å². The van der Waals surface area contributed by atoms with Crippen LogP contribution in [0.3, 0.4) is 0 Å². The fourth-order valence-corrected chi connectivity index (χ4v) is 3.17. The van der Waals surface area contributed by atoms with E-state index in [0.29, 0.717) is 16.1 Å². The Morgan fingerprint density at radius 3 is 3.00 bits per heavy atom. The molecule has 0 radical (unpaired) electrons. The second-order valence-electron chi connectivity index (χ2n) is 4.96. The van der Waals surface area contributed by atoms with E-state index in [2.05, 4.69) is 15.5 Å². The number of dihydropyridines is 1. The van der Waals surface area contributed by atoms with E-state index in [4.69, 9.17) is 5.41 Å². The molecule has 1 aromatic heterocycles. The molecule has 0 spiro atoms. The van der Waals surface area contributed by atoms with E-state index >= 15 is 0 Å². The van der Waals surface area contributed by atoms with Gasteiger partial charge in [-0.3, -0.25) is 5.10 Å². The first-order chi connectivity index (χ1) is 10.6. The predicted molar refractivity (Wildman–Crippen MR) is 89.6 cm³/mol. The topological polar surface area (TPSA) is 64.6 Å². The van der Waals surface area contributed by atoms with E-state index in [1.54, 1.807) is 25.4 Å². The molecule has 2 heterocycles. The minimum Gasteiger partial charge on any atom is -0.362 e. The zero-order valence-electron chi connectivity index (χ0n) is 12.2. The molecule has 22 heavy (non-hydrogen) atoms. The van der Waals surface area contributed by atoms with Gasteiger partial charge in [0.15, 0.2) is 0 Å². The molecule has 0 atom stereocenters. The SMILES string of the molecule is CSc1c(F)cc2[nH]ncc2c1C1=C/C(=C/C(C)=N)NC=C1. The van der Waals surface area contributed by atoms with Crippen molar-refractivity contribution in [3.8, 4) is 0 Å². The second kappa shape index (κ2) is 5.81. The van der Waals surface area contributed by atoms with Gasteiger partial charge in [-0.1, -0.05) is 0 Å². The van der Waals surface area contributed by atoms with Crippen LogP contribution < -0.4 is 5.32 Å². The van der Waals surface area contributed by atoms with Gasteiger partial charge in [-0.05, 0) is 37.0 Å². The van der Waals surface area contributed by atoms with Crippen molar-refractivity contribution in [2.24, 2.45) is 0 Å². The molecule has 4 nitrogen and oxygen atoms in total. The highest BCUT2D eigenvalue weighted by molar-refractivity contribution is 7.98. The van der Waals surface area contributed by atoms with E-state index in [1.165, 1.54) is 17.8 Å². The highest BCUT2D eigenvalue weighted by Gasteiger charge is 2.18. The lowest BCUT2D eigenvalue weighted by molar-refractivity contribution is 0.603. The third-order valence-corrected chi connectivity index (χ3v) is 4.15. The lowest BCUT2D eigenvalue weighted by atomic mass is 9.98. The summed E-state index contributed by atoms with van der Waals surface area (Å²) in [5, 5.41) is 18.4. The standard InChI is InChI=1S/C16H15FN4S/c1-9(18)5-11-6-10(3-4-19-11)15-12-8-20-21-14(12)7-13(17)16(15)22-2/h3-8,18-19H,1-2H3,(H,20,21)/b11-5-,18-9?. The van der Waals surface area contributed by atoms with Gasteiger partial charge in [0.05, 0.1) is 16.6 Å². The Labute approximate surface area is 131 Å². The molecule has 1 aromatic carbocycles. The Balaban J connectivity index is 2.25. The van der Waals surface area contributed by atoms with Gasteiger partial charge in [0.1, 0.15) is 5.82 Å².